The average molecular weight is 285 g/mol. The van der Waals surface area contributed by atoms with E-state index >= 15 is 0 Å². The summed E-state index contributed by atoms with van der Waals surface area (Å²) in [7, 11) is 0. The number of benzene rings is 2. The van der Waals surface area contributed by atoms with Crippen molar-refractivity contribution in [3.8, 4) is 0 Å². The molecular formula is C16H16FN3O. The Morgan fingerprint density at radius 2 is 2.10 bits per heavy atom. The van der Waals surface area contributed by atoms with Crippen LogP contribution in [0.25, 0.3) is 11.1 Å². The fourth-order valence-electron chi connectivity index (χ4n) is 2.28. The summed E-state index contributed by atoms with van der Waals surface area (Å²) in [4.78, 5) is 6.42. The molecule has 108 valence electrons. The number of anilines is 2. The molecule has 21 heavy (non-hydrogen) atoms. The topological polar surface area (TPSA) is 55.3 Å². The Morgan fingerprint density at radius 1 is 1.24 bits per heavy atom. The Bertz CT molecular complexity index is 769. The smallest absolute Gasteiger partial charge is 0.215 e. The molecular weight excluding hydrogens is 269 g/mol. The lowest BCUT2D eigenvalue weighted by Crippen LogP contribution is -2.22. The number of halogens is 1. The van der Waals surface area contributed by atoms with Crippen LogP contribution in [0.15, 0.2) is 46.9 Å². The van der Waals surface area contributed by atoms with Gasteiger partial charge in [-0.25, -0.2) is 9.37 Å². The van der Waals surface area contributed by atoms with E-state index in [0.29, 0.717) is 23.7 Å². The molecule has 3 aromatic rings. The number of aromatic nitrogens is 1. The van der Waals surface area contributed by atoms with E-state index in [0.717, 1.165) is 17.7 Å². The third-order valence-electron chi connectivity index (χ3n) is 3.34. The molecule has 0 saturated carbocycles. The van der Waals surface area contributed by atoms with E-state index < -0.39 is 0 Å². The highest BCUT2D eigenvalue weighted by molar-refractivity contribution is 5.76. The second kappa shape index (κ2) is 5.44. The molecule has 2 N–H and O–H groups in total. The van der Waals surface area contributed by atoms with Crippen molar-refractivity contribution in [1.29, 1.82) is 0 Å². The highest BCUT2D eigenvalue weighted by Gasteiger charge is 2.11. The number of rotatable bonds is 4. The van der Waals surface area contributed by atoms with Crippen LogP contribution in [0, 0.1) is 5.82 Å². The fourth-order valence-corrected chi connectivity index (χ4v) is 2.28. The van der Waals surface area contributed by atoms with Crippen LogP contribution in [0.2, 0.25) is 0 Å². The lowest BCUT2D eigenvalue weighted by Gasteiger charge is -2.21. The molecule has 1 heterocycles. The van der Waals surface area contributed by atoms with Crippen LogP contribution in [0.5, 0.6) is 0 Å². The molecule has 0 spiro atoms. The molecule has 0 bridgehead atoms. The van der Waals surface area contributed by atoms with Gasteiger partial charge in [0.2, 0.25) is 5.89 Å². The van der Waals surface area contributed by atoms with Gasteiger partial charge in [0, 0.05) is 17.9 Å². The van der Waals surface area contributed by atoms with Crippen LogP contribution in [0.4, 0.5) is 15.8 Å². The minimum atomic E-state index is -0.253. The summed E-state index contributed by atoms with van der Waals surface area (Å²) < 4.78 is 19.0. The van der Waals surface area contributed by atoms with Gasteiger partial charge in [-0.1, -0.05) is 6.07 Å². The summed E-state index contributed by atoms with van der Waals surface area (Å²) in [6.07, 6.45) is 0. The predicted molar refractivity (Wildman–Crippen MR) is 81.5 cm³/mol. The molecule has 1 aromatic heterocycles. The van der Waals surface area contributed by atoms with Crippen molar-refractivity contribution in [2.24, 2.45) is 0 Å². The summed E-state index contributed by atoms with van der Waals surface area (Å²) in [5, 5.41) is 0. The minimum Gasteiger partial charge on any atom is -0.439 e. The third kappa shape index (κ3) is 2.81. The van der Waals surface area contributed by atoms with Crippen molar-refractivity contribution in [2.75, 3.05) is 17.2 Å². The van der Waals surface area contributed by atoms with Gasteiger partial charge >= 0.3 is 0 Å². The summed E-state index contributed by atoms with van der Waals surface area (Å²) in [6, 6.07) is 11.9. The molecule has 0 radical (unpaired) electrons. The van der Waals surface area contributed by atoms with Gasteiger partial charge in [0.15, 0.2) is 5.58 Å². The van der Waals surface area contributed by atoms with E-state index in [1.54, 1.807) is 24.3 Å². The zero-order chi connectivity index (χ0) is 14.8. The first kappa shape index (κ1) is 13.4. The summed E-state index contributed by atoms with van der Waals surface area (Å²) in [6.45, 7) is 3.21. The largest absolute Gasteiger partial charge is 0.439 e. The second-order valence-electron chi connectivity index (χ2n) is 4.83. The van der Waals surface area contributed by atoms with E-state index in [9.17, 15) is 4.39 Å². The monoisotopic (exact) mass is 285 g/mol. The summed E-state index contributed by atoms with van der Waals surface area (Å²) in [5.74, 6) is 0.331. The van der Waals surface area contributed by atoms with Gasteiger partial charge in [-0.05, 0) is 43.3 Å². The Hall–Kier alpha value is -2.56. The number of hydrogen-bond donors (Lipinski definition) is 1. The third-order valence-corrected chi connectivity index (χ3v) is 3.34. The molecule has 0 aliphatic carbocycles. The van der Waals surface area contributed by atoms with E-state index in [4.69, 9.17) is 10.2 Å². The zero-order valence-electron chi connectivity index (χ0n) is 11.7. The van der Waals surface area contributed by atoms with Gasteiger partial charge in [0.1, 0.15) is 11.3 Å². The number of nitrogen functional groups attached to an aromatic ring is 1. The first-order valence-corrected chi connectivity index (χ1v) is 6.81. The van der Waals surface area contributed by atoms with Gasteiger partial charge in [-0.3, -0.25) is 0 Å². The van der Waals surface area contributed by atoms with E-state index in [1.165, 1.54) is 12.1 Å². The molecule has 4 nitrogen and oxygen atoms in total. The predicted octanol–water partition coefficient (Wildman–Crippen LogP) is 3.58. The Balaban J connectivity index is 1.88. The highest BCUT2D eigenvalue weighted by Crippen LogP contribution is 2.22. The molecule has 3 rings (SSSR count). The van der Waals surface area contributed by atoms with Gasteiger partial charge in [0.05, 0.1) is 6.54 Å². The fraction of sp³-hybridized carbons (Fsp3) is 0.188. The van der Waals surface area contributed by atoms with Gasteiger partial charge in [-0.15, -0.1) is 0 Å². The van der Waals surface area contributed by atoms with Crippen molar-refractivity contribution in [3.63, 3.8) is 0 Å². The SMILES string of the molecule is CCN(Cc1nc2cc(N)ccc2o1)c1cccc(F)c1. The minimum absolute atomic E-state index is 0.253. The Labute approximate surface area is 122 Å². The number of hydrogen-bond acceptors (Lipinski definition) is 4. The van der Waals surface area contributed by atoms with Gasteiger partial charge in [0.25, 0.3) is 0 Å². The Kier molecular flexibility index (Phi) is 3.48. The van der Waals surface area contributed by atoms with Crippen LogP contribution in [-0.2, 0) is 6.54 Å². The maximum absolute atomic E-state index is 13.3. The molecule has 0 aliphatic rings. The van der Waals surface area contributed by atoms with Crippen LogP contribution in [-0.4, -0.2) is 11.5 Å². The number of nitrogens with zero attached hydrogens (tertiary/aromatic N) is 2. The maximum atomic E-state index is 13.3. The van der Waals surface area contributed by atoms with Gasteiger partial charge in [-0.2, -0.15) is 0 Å². The summed E-state index contributed by atoms with van der Waals surface area (Å²) >= 11 is 0. The van der Waals surface area contributed by atoms with Crippen LogP contribution in [0.1, 0.15) is 12.8 Å². The highest BCUT2D eigenvalue weighted by atomic mass is 19.1. The standard InChI is InChI=1S/C16H16FN3O/c1-2-20(13-5-3-4-11(17)8-13)10-16-19-14-9-12(18)6-7-15(14)21-16/h3-9H,2,10,18H2,1H3. The average Bonchev–Trinajstić information content (AvgIpc) is 2.86. The van der Waals surface area contributed by atoms with Crippen LogP contribution < -0.4 is 10.6 Å². The van der Waals surface area contributed by atoms with Crippen molar-refractivity contribution in [1.82, 2.24) is 4.98 Å². The summed E-state index contributed by atoms with van der Waals surface area (Å²) in [5.41, 5.74) is 8.63. The maximum Gasteiger partial charge on any atom is 0.215 e. The normalized spacial score (nSPS) is 11.0. The van der Waals surface area contributed by atoms with Crippen molar-refractivity contribution < 1.29 is 8.81 Å². The van der Waals surface area contributed by atoms with E-state index in [1.807, 2.05) is 17.9 Å². The number of nitrogens with two attached hydrogens (primary N) is 1. The molecule has 0 fully saturated rings. The van der Waals surface area contributed by atoms with E-state index in [2.05, 4.69) is 4.98 Å². The lowest BCUT2D eigenvalue weighted by atomic mass is 10.2. The molecule has 0 aliphatic heterocycles. The number of oxazole rings is 1. The number of fused-ring (bicyclic) bond motifs is 1. The second-order valence-corrected chi connectivity index (χ2v) is 4.83. The zero-order valence-corrected chi connectivity index (χ0v) is 11.7. The first-order valence-electron chi connectivity index (χ1n) is 6.81. The van der Waals surface area contributed by atoms with Crippen LogP contribution >= 0.6 is 0 Å². The van der Waals surface area contributed by atoms with Gasteiger partial charge < -0.3 is 15.1 Å². The molecule has 0 amide bonds. The van der Waals surface area contributed by atoms with Crippen molar-refractivity contribution >= 4 is 22.5 Å². The van der Waals surface area contributed by atoms with Crippen molar-refractivity contribution in [2.45, 2.75) is 13.5 Å². The molecule has 0 unspecified atom stereocenters. The molecule has 2 aromatic carbocycles. The molecule has 5 heteroatoms. The Morgan fingerprint density at radius 3 is 2.86 bits per heavy atom. The quantitative estimate of drug-likeness (QED) is 0.744. The lowest BCUT2D eigenvalue weighted by molar-refractivity contribution is 0.521. The van der Waals surface area contributed by atoms with E-state index in [-0.39, 0.29) is 5.82 Å². The van der Waals surface area contributed by atoms with Crippen LogP contribution in [0.3, 0.4) is 0 Å². The molecule has 0 atom stereocenters. The van der Waals surface area contributed by atoms with Crippen molar-refractivity contribution in [3.05, 3.63) is 54.2 Å². The first-order chi connectivity index (χ1) is 10.2. The molecule has 0 saturated heterocycles.